The van der Waals surface area contributed by atoms with E-state index >= 15 is 0 Å². The molecule has 2 atom stereocenters. The number of fused-ring (bicyclic) bond motifs is 1. The Labute approximate surface area is 149 Å². The summed E-state index contributed by atoms with van der Waals surface area (Å²) in [5.74, 6) is 0.298. The molecule has 4 rings (SSSR count). The molecule has 25 heavy (non-hydrogen) atoms. The maximum atomic E-state index is 13.9. The second-order valence-electron chi connectivity index (χ2n) is 6.07. The van der Waals surface area contributed by atoms with Crippen molar-refractivity contribution < 1.29 is 14.0 Å². The van der Waals surface area contributed by atoms with Crippen LogP contribution in [0.2, 0.25) is 0 Å². The molecule has 0 saturated carbocycles. The lowest BCUT2D eigenvalue weighted by Crippen LogP contribution is -2.35. The quantitative estimate of drug-likeness (QED) is 0.904. The predicted octanol–water partition coefficient (Wildman–Crippen LogP) is 4.00. The lowest BCUT2D eigenvalue weighted by molar-refractivity contribution is -0.115. The Bertz CT molecular complexity index is 825. The van der Waals surface area contributed by atoms with Gasteiger partial charge in [-0.05, 0) is 23.6 Å². The van der Waals surface area contributed by atoms with E-state index in [-0.39, 0.29) is 23.9 Å². The highest BCUT2D eigenvalue weighted by molar-refractivity contribution is 7.99. The zero-order valence-electron chi connectivity index (χ0n) is 13.4. The molecule has 0 spiro atoms. The average molecular weight is 356 g/mol. The molecular weight excluding hydrogens is 339 g/mol. The Morgan fingerprint density at radius 1 is 1.20 bits per heavy atom. The van der Waals surface area contributed by atoms with Crippen LogP contribution in [0.3, 0.4) is 0 Å². The third-order valence-electron chi connectivity index (χ3n) is 4.43. The number of hydrogen-bond donors (Lipinski definition) is 1. The molecule has 0 fully saturated rings. The summed E-state index contributed by atoms with van der Waals surface area (Å²) in [5, 5.41) is 6.94. The van der Waals surface area contributed by atoms with Crippen molar-refractivity contribution in [2.75, 3.05) is 5.75 Å². The second kappa shape index (κ2) is 6.88. The van der Waals surface area contributed by atoms with Gasteiger partial charge < -0.3 is 10.2 Å². The van der Waals surface area contributed by atoms with E-state index in [1.54, 1.807) is 6.07 Å². The summed E-state index contributed by atoms with van der Waals surface area (Å²) >= 11 is 1.49. The number of halogens is 1. The van der Waals surface area contributed by atoms with Crippen LogP contribution < -0.4 is 5.32 Å². The van der Waals surface area contributed by atoms with Crippen LogP contribution >= 0.6 is 11.8 Å². The van der Waals surface area contributed by atoms with Crippen LogP contribution in [-0.2, 0) is 9.63 Å². The van der Waals surface area contributed by atoms with Gasteiger partial charge in [0.1, 0.15) is 11.5 Å². The van der Waals surface area contributed by atoms with Gasteiger partial charge in [-0.25, -0.2) is 4.39 Å². The molecule has 0 aliphatic carbocycles. The fourth-order valence-corrected chi connectivity index (χ4v) is 4.28. The molecule has 2 heterocycles. The van der Waals surface area contributed by atoms with Gasteiger partial charge in [0.05, 0.1) is 6.04 Å². The Hall–Kier alpha value is -2.34. The molecular formula is C19H17FN2O2S. The largest absolute Gasteiger partial charge is 0.387 e. The van der Waals surface area contributed by atoms with Crippen molar-refractivity contribution in [3.63, 3.8) is 0 Å². The molecule has 2 aliphatic rings. The minimum Gasteiger partial charge on any atom is -0.387 e. The van der Waals surface area contributed by atoms with Crippen LogP contribution in [0, 0.1) is 5.82 Å². The van der Waals surface area contributed by atoms with Gasteiger partial charge in [-0.2, -0.15) is 0 Å². The van der Waals surface area contributed by atoms with Gasteiger partial charge >= 0.3 is 0 Å². The maximum Gasteiger partial charge on any atom is 0.269 e. The number of oxime groups is 1. The summed E-state index contributed by atoms with van der Waals surface area (Å²) in [6, 6.07) is 14.5. The standard InChI is InChI=1S/C19H17FN2O2S/c20-14-8-4-7-13-15(9-10-25-18(13)14)21-19(23)16-11-17(24-22-16)12-5-2-1-3-6-12/h1-8,15,17H,9-11H2,(H,21,23)/t15-,17+/m0/s1. The summed E-state index contributed by atoms with van der Waals surface area (Å²) in [4.78, 5) is 18.6. The first kappa shape index (κ1) is 16.1. The number of benzene rings is 2. The van der Waals surface area contributed by atoms with Crippen LogP contribution in [-0.4, -0.2) is 17.4 Å². The van der Waals surface area contributed by atoms with E-state index in [4.69, 9.17) is 4.84 Å². The number of carbonyl (C=O) groups is 1. The van der Waals surface area contributed by atoms with Crippen LogP contribution in [0.5, 0.6) is 0 Å². The monoisotopic (exact) mass is 356 g/mol. The first-order valence-corrected chi connectivity index (χ1v) is 9.20. The summed E-state index contributed by atoms with van der Waals surface area (Å²) in [6.45, 7) is 0. The van der Waals surface area contributed by atoms with Crippen LogP contribution in [0.25, 0.3) is 0 Å². The first-order chi connectivity index (χ1) is 12.2. The van der Waals surface area contributed by atoms with Gasteiger partial charge in [0.15, 0.2) is 6.10 Å². The minimum absolute atomic E-state index is 0.196. The van der Waals surface area contributed by atoms with E-state index in [1.807, 2.05) is 36.4 Å². The van der Waals surface area contributed by atoms with Crippen LogP contribution in [0.1, 0.15) is 36.1 Å². The van der Waals surface area contributed by atoms with E-state index in [9.17, 15) is 9.18 Å². The topological polar surface area (TPSA) is 50.7 Å². The number of nitrogens with zero attached hydrogens (tertiary/aromatic N) is 1. The Morgan fingerprint density at radius 3 is 2.88 bits per heavy atom. The van der Waals surface area contributed by atoms with Crippen molar-refractivity contribution in [1.29, 1.82) is 0 Å². The molecule has 2 aliphatic heterocycles. The number of nitrogens with one attached hydrogen (secondary N) is 1. The molecule has 2 aromatic rings. The van der Waals surface area contributed by atoms with Crippen molar-refractivity contribution in [2.24, 2.45) is 5.16 Å². The number of rotatable bonds is 3. The van der Waals surface area contributed by atoms with Crippen LogP contribution in [0.15, 0.2) is 58.6 Å². The van der Waals surface area contributed by atoms with Gasteiger partial charge in [-0.15, -0.1) is 11.8 Å². The number of amides is 1. The Kier molecular flexibility index (Phi) is 4.44. The third-order valence-corrected chi connectivity index (χ3v) is 5.59. The highest BCUT2D eigenvalue weighted by Crippen LogP contribution is 2.38. The van der Waals surface area contributed by atoms with Gasteiger partial charge in [-0.1, -0.05) is 47.6 Å². The number of carbonyl (C=O) groups excluding carboxylic acids is 1. The van der Waals surface area contributed by atoms with Gasteiger partial charge in [0.25, 0.3) is 5.91 Å². The van der Waals surface area contributed by atoms with Gasteiger partial charge in [-0.3, -0.25) is 4.79 Å². The smallest absolute Gasteiger partial charge is 0.269 e. The Balaban J connectivity index is 1.45. The molecule has 2 aromatic carbocycles. The number of thioether (sulfide) groups is 1. The van der Waals surface area contributed by atoms with Crippen molar-refractivity contribution in [1.82, 2.24) is 5.32 Å². The highest BCUT2D eigenvalue weighted by atomic mass is 32.2. The summed E-state index contributed by atoms with van der Waals surface area (Å²) in [5.41, 5.74) is 2.21. The molecule has 1 amide bonds. The van der Waals surface area contributed by atoms with Crippen molar-refractivity contribution in [2.45, 2.75) is 29.9 Å². The van der Waals surface area contributed by atoms with Crippen molar-refractivity contribution in [3.05, 3.63) is 65.5 Å². The zero-order valence-corrected chi connectivity index (χ0v) is 14.3. The van der Waals surface area contributed by atoms with E-state index in [2.05, 4.69) is 10.5 Å². The Morgan fingerprint density at radius 2 is 2.04 bits per heavy atom. The van der Waals surface area contributed by atoms with E-state index in [0.717, 1.165) is 23.3 Å². The van der Waals surface area contributed by atoms with Crippen LogP contribution in [0.4, 0.5) is 4.39 Å². The van der Waals surface area contributed by atoms with Gasteiger partial charge in [0.2, 0.25) is 0 Å². The van der Waals surface area contributed by atoms with Crippen molar-refractivity contribution >= 4 is 23.4 Å². The molecule has 0 radical (unpaired) electrons. The lowest BCUT2D eigenvalue weighted by atomic mass is 10.0. The highest BCUT2D eigenvalue weighted by Gasteiger charge is 2.30. The average Bonchev–Trinajstić information content (AvgIpc) is 3.14. The normalized spacial score (nSPS) is 21.9. The lowest BCUT2D eigenvalue weighted by Gasteiger charge is -2.26. The molecule has 0 saturated heterocycles. The van der Waals surface area contributed by atoms with Crippen molar-refractivity contribution in [3.8, 4) is 0 Å². The third kappa shape index (κ3) is 3.26. The molecule has 0 bridgehead atoms. The predicted molar refractivity (Wildman–Crippen MR) is 94.9 cm³/mol. The molecule has 0 aromatic heterocycles. The van der Waals surface area contributed by atoms with Gasteiger partial charge in [0, 0.05) is 17.1 Å². The maximum absolute atomic E-state index is 13.9. The fraction of sp³-hybridized carbons (Fsp3) is 0.263. The second-order valence-corrected chi connectivity index (χ2v) is 7.17. The SMILES string of the molecule is O=C(N[C@H]1CCSc2c(F)cccc21)C1=NO[C@@H](c2ccccc2)C1. The molecule has 6 heteroatoms. The molecule has 1 N–H and O–H groups in total. The first-order valence-electron chi connectivity index (χ1n) is 8.22. The summed E-state index contributed by atoms with van der Waals surface area (Å²) in [7, 11) is 0. The molecule has 0 unspecified atom stereocenters. The zero-order chi connectivity index (χ0) is 17.2. The summed E-state index contributed by atoms with van der Waals surface area (Å²) in [6.07, 6.45) is 0.977. The molecule has 128 valence electrons. The number of hydrogen-bond acceptors (Lipinski definition) is 4. The van der Waals surface area contributed by atoms with E-state index in [1.165, 1.54) is 17.8 Å². The molecule has 4 nitrogen and oxygen atoms in total. The van der Waals surface area contributed by atoms with E-state index < -0.39 is 0 Å². The minimum atomic E-state index is -0.245. The fourth-order valence-electron chi connectivity index (χ4n) is 3.14. The summed E-state index contributed by atoms with van der Waals surface area (Å²) < 4.78 is 13.9. The van der Waals surface area contributed by atoms with E-state index in [0.29, 0.717) is 17.0 Å².